The number of aromatic amines is 1. The van der Waals surface area contributed by atoms with Crippen molar-refractivity contribution in [2.75, 3.05) is 18.9 Å². The van der Waals surface area contributed by atoms with Crippen LogP contribution in [-0.2, 0) is 10.0 Å². The lowest BCUT2D eigenvalue weighted by Crippen LogP contribution is -2.14. The maximum Gasteiger partial charge on any atom is 0.264 e. The van der Waals surface area contributed by atoms with Crippen LogP contribution in [0.5, 0.6) is 11.5 Å². The van der Waals surface area contributed by atoms with Gasteiger partial charge in [0, 0.05) is 17.7 Å². The second-order valence-electron chi connectivity index (χ2n) is 5.62. The SMILES string of the molecule is COc1ccc(OC)c(NS(=O)(=O)c2cc(-c3ccc(=O)[nH]n3)ccc2Cl)c1. The molecule has 146 valence electrons. The van der Waals surface area contributed by atoms with E-state index in [0.717, 1.165) is 0 Å². The van der Waals surface area contributed by atoms with Crippen molar-refractivity contribution in [2.45, 2.75) is 4.90 Å². The van der Waals surface area contributed by atoms with Gasteiger partial charge in [0.15, 0.2) is 0 Å². The highest BCUT2D eigenvalue weighted by Gasteiger charge is 2.21. The zero-order valence-corrected chi connectivity index (χ0v) is 16.5. The summed E-state index contributed by atoms with van der Waals surface area (Å²) in [6.07, 6.45) is 0. The summed E-state index contributed by atoms with van der Waals surface area (Å²) in [5.41, 5.74) is 0.702. The monoisotopic (exact) mass is 421 g/mol. The molecule has 8 nitrogen and oxygen atoms in total. The molecule has 0 aliphatic carbocycles. The van der Waals surface area contributed by atoms with Crippen LogP contribution in [0.25, 0.3) is 11.3 Å². The van der Waals surface area contributed by atoms with E-state index in [-0.39, 0.29) is 21.2 Å². The molecule has 0 atom stereocenters. The minimum absolute atomic E-state index is 0.0301. The molecular weight excluding hydrogens is 406 g/mol. The number of anilines is 1. The van der Waals surface area contributed by atoms with Gasteiger partial charge in [0.25, 0.3) is 15.6 Å². The lowest BCUT2D eigenvalue weighted by molar-refractivity contribution is 0.405. The van der Waals surface area contributed by atoms with Crippen molar-refractivity contribution < 1.29 is 17.9 Å². The van der Waals surface area contributed by atoms with Gasteiger partial charge in [-0.25, -0.2) is 13.5 Å². The van der Waals surface area contributed by atoms with Crippen molar-refractivity contribution in [1.29, 1.82) is 0 Å². The molecule has 3 aromatic rings. The van der Waals surface area contributed by atoms with Crippen LogP contribution in [0.2, 0.25) is 5.02 Å². The van der Waals surface area contributed by atoms with Gasteiger partial charge in [0.2, 0.25) is 0 Å². The van der Waals surface area contributed by atoms with Crippen LogP contribution in [0.3, 0.4) is 0 Å². The van der Waals surface area contributed by atoms with Crippen LogP contribution < -0.4 is 19.8 Å². The predicted octanol–water partition coefficient (Wildman–Crippen LogP) is 2.91. The molecule has 0 fully saturated rings. The summed E-state index contributed by atoms with van der Waals surface area (Å²) in [6, 6.07) is 11.9. The first-order chi connectivity index (χ1) is 13.3. The molecule has 0 saturated heterocycles. The lowest BCUT2D eigenvalue weighted by Gasteiger charge is -2.14. The van der Waals surface area contributed by atoms with Crippen LogP contribution in [0.4, 0.5) is 5.69 Å². The van der Waals surface area contributed by atoms with E-state index in [0.29, 0.717) is 22.8 Å². The van der Waals surface area contributed by atoms with Gasteiger partial charge in [-0.3, -0.25) is 9.52 Å². The molecule has 0 radical (unpaired) electrons. The number of ether oxygens (including phenoxy) is 2. The summed E-state index contributed by atoms with van der Waals surface area (Å²) in [7, 11) is -1.16. The molecule has 0 bridgehead atoms. The van der Waals surface area contributed by atoms with Gasteiger partial charge in [-0.05, 0) is 30.3 Å². The van der Waals surface area contributed by atoms with Crippen molar-refractivity contribution in [3.05, 3.63) is 63.9 Å². The average Bonchev–Trinajstić information content (AvgIpc) is 2.68. The smallest absolute Gasteiger partial charge is 0.264 e. The largest absolute Gasteiger partial charge is 0.497 e. The Bertz CT molecular complexity index is 1160. The second kappa shape index (κ2) is 7.91. The van der Waals surface area contributed by atoms with E-state index in [1.54, 1.807) is 18.2 Å². The van der Waals surface area contributed by atoms with Crippen molar-refractivity contribution in [1.82, 2.24) is 10.2 Å². The lowest BCUT2D eigenvalue weighted by atomic mass is 10.1. The fraction of sp³-hybridized carbons (Fsp3) is 0.111. The summed E-state index contributed by atoms with van der Waals surface area (Å²) in [6.45, 7) is 0. The zero-order valence-electron chi connectivity index (χ0n) is 14.9. The Balaban J connectivity index is 2.03. The van der Waals surface area contributed by atoms with E-state index in [9.17, 15) is 13.2 Å². The number of benzene rings is 2. The number of methoxy groups -OCH3 is 2. The summed E-state index contributed by atoms with van der Waals surface area (Å²) < 4.78 is 38.7. The minimum atomic E-state index is -4.06. The Morgan fingerprint density at radius 2 is 1.82 bits per heavy atom. The standard InChI is InChI=1S/C18H16ClN3O5S/c1-26-12-4-7-16(27-2)15(10-12)22-28(24,25)17-9-11(3-5-13(17)19)14-6-8-18(23)21-20-14/h3-10,22H,1-2H3,(H,21,23). The highest BCUT2D eigenvalue weighted by molar-refractivity contribution is 7.92. The van der Waals surface area contributed by atoms with E-state index in [4.69, 9.17) is 21.1 Å². The quantitative estimate of drug-likeness (QED) is 0.633. The number of aromatic nitrogens is 2. The summed E-state index contributed by atoms with van der Waals surface area (Å²) >= 11 is 6.14. The Morgan fingerprint density at radius 3 is 2.46 bits per heavy atom. The first-order valence-corrected chi connectivity index (χ1v) is 9.80. The summed E-state index contributed by atoms with van der Waals surface area (Å²) in [4.78, 5) is 11.0. The van der Waals surface area contributed by atoms with Crippen molar-refractivity contribution in [2.24, 2.45) is 0 Å². The van der Waals surface area contributed by atoms with Gasteiger partial charge in [0.05, 0.1) is 30.6 Å². The minimum Gasteiger partial charge on any atom is -0.497 e. The molecule has 28 heavy (non-hydrogen) atoms. The highest BCUT2D eigenvalue weighted by Crippen LogP contribution is 2.33. The molecule has 1 heterocycles. The molecule has 1 aromatic heterocycles. The van der Waals surface area contributed by atoms with E-state index in [2.05, 4.69) is 14.9 Å². The molecule has 3 rings (SSSR count). The van der Waals surface area contributed by atoms with E-state index >= 15 is 0 Å². The number of nitrogens with zero attached hydrogens (tertiary/aromatic N) is 1. The van der Waals surface area contributed by atoms with Crippen molar-refractivity contribution in [3.63, 3.8) is 0 Å². The molecule has 2 aromatic carbocycles. The summed E-state index contributed by atoms with van der Waals surface area (Å²) in [5, 5.41) is 6.24. The molecule has 0 spiro atoms. The van der Waals surface area contributed by atoms with E-state index in [1.807, 2.05) is 0 Å². The molecule has 0 aliphatic rings. The fourth-order valence-electron chi connectivity index (χ4n) is 2.47. The Labute approximate surface area is 166 Å². The molecule has 0 unspecified atom stereocenters. The first-order valence-electron chi connectivity index (χ1n) is 7.94. The maximum absolute atomic E-state index is 13.0. The van der Waals surface area contributed by atoms with Gasteiger partial charge in [0.1, 0.15) is 16.4 Å². The molecule has 2 N–H and O–H groups in total. The molecule has 10 heteroatoms. The molecule has 0 saturated carbocycles. The number of hydrogen-bond donors (Lipinski definition) is 2. The number of H-pyrrole nitrogens is 1. The topological polar surface area (TPSA) is 110 Å². The third-order valence-corrected chi connectivity index (χ3v) is 5.69. The summed E-state index contributed by atoms with van der Waals surface area (Å²) in [5.74, 6) is 0.773. The van der Waals surface area contributed by atoms with Crippen molar-refractivity contribution in [3.8, 4) is 22.8 Å². The normalized spacial score (nSPS) is 11.1. The predicted molar refractivity (Wildman–Crippen MR) is 106 cm³/mol. The van der Waals surface area contributed by atoms with Gasteiger partial charge in [-0.15, -0.1) is 0 Å². The van der Waals surface area contributed by atoms with Gasteiger partial charge in [-0.1, -0.05) is 17.7 Å². The third kappa shape index (κ3) is 4.10. The fourth-order valence-corrected chi connectivity index (χ4v) is 4.06. The third-order valence-electron chi connectivity index (χ3n) is 3.85. The number of sulfonamides is 1. The number of rotatable bonds is 6. The van der Waals surface area contributed by atoms with E-state index < -0.39 is 10.0 Å². The number of hydrogen-bond acceptors (Lipinski definition) is 6. The second-order valence-corrected chi connectivity index (χ2v) is 7.68. The molecule has 0 aliphatic heterocycles. The van der Waals surface area contributed by atoms with Crippen LogP contribution in [0, 0.1) is 0 Å². The Kier molecular flexibility index (Phi) is 5.57. The number of halogens is 1. The maximum atomic E-state index is 13.0. The van der Waals surface area contributed by atoms with Gasteiger partial charge in [-0.2, -0.15) is 5.10 Å². The molecule has 0 amide bonds. The zero-order chi connectivity index (χ0) is 20.3. The van der Waals surface area contributed by atoms with Crippen LogP contribution in [0.1, 0.15) is 0 Å². The van der Waals surface area contributed by atoms with Crippen molar-refractivity contribution >= 4 is 27.3 Å². The Hall–Kier alpha value is -3.04. The average molecular weight is 422 g/mol. The van der Waals surface area contributed by atoms with Crippen LogP contribution in [-0.4, -0.2) is 32.8 Å². The van der Waals surface area contributed by atoms with Gasteiger partial charge >= 0.3 is 0 Å². The Morgan fingerprint density at radius 1 is 1.04 bits per heavy atom. The highest BCUT2D eigenvalue weighted by atomic mass is 35.5. The van der Waals surface area contributed by atoms with Crippen LogP contribution >= 0.6 is 11.6 Å². The van der Waals surface area contributed by atoms with Gasteiger partial charge < -0.3 is 9.47 Å². The molecular formula is C18H16ClN3O5S. The number of nitrogens with one attached hydrogen (secondary N) is 2. The first kappa shape index (κ1) is 19.7. The van der Waals surface area contributed by atoms with Crippen LogP contribution in [0.15, 0.2) is 58.2 Å². The van der Waals surface area contributed by atoms with E-state index in [1.165, 1.54) is 44.6 Å².